The van der Waals surface area contributed by atoms with Gasteiger partial charge < -0.3 is 9.47 Å². The van der Waals surface area contributed by atoms with Crippen molar-refractivity contribution in [3.05, 3.63) is 21.9 Å². The van der Waals surface area contributed by atoms with Gasteiger partial charge in [0.05, 0.1) is 31.9 Å². The molecule has 0 amide bonds. The van der Waals surface area contributed by atoms with Crippen LogP contribution in [-0.2, 0) is 16.0 Å². The number of alkyl halides is 2. The molecule has 4 nitrogen and oxygen atoms in total. The van der Waals surface area contributed by atoms with E-state index in [4.69, 9.17) is 4.74 Å². The van der Waals surface area contributed by atoms with Crippen LogP contribution in [0.5, 0.6) is 5.75 Å². The van der Waals surface area contributed by atoms with Gasteiger partial charge in [-0.25, -0.2) is 13.8 Å². The number of esters is 1. The molecule has 0 fully saturated rings. The highest BCUT2D eigenvalue weighted by Gasteiger charge is 2.21. The van der Waals surface area contributed by atoms with E-state index in [2.05, 4.69) is 25.7 Å². The van der Waals surface area contributed by atoms with Crippen molar-refractivity contribution >= 4 is 21.9 Å². The second-order valence-electron chi connectivity index (χ2n) is 3.07. The van der Waals surface area contributed by atoms with Gasteiger partial charge in [-0.15, -0.1) is 0 Å². The molecule has 0 spiro atoms. The summed E-state index contributed by atoms with van der Waals surface area (Å²) >= 11 is 2.93. The summed E-state index contributed by atoms with van der Waals surface area (Å²) in [6.07, 6.45) is -2.81. The second kappa shape index (κ2) is 5.90. The smallest absolute Gasteiger partial charge is 0.311 e. The highest BCUT2D eigenvalue weighted by Crippen LogP contribution is 2.34. The van der Waals surface area contributed by atoms with Crippen LogP contribution in [0.1, 0.15) is 17.7 Å². The number of hydrogen-bond acceptors (Lipinski definition) is 4. The molecule has 1 aromatic rings. The number of rotatable bonds is 4. The number of carbonyl (C=O) groups excluding carboxylic acids is 1. The zero-order valence-electron chi connectivity index (χ0n) is 9.17. The van der Waals surface area contributed by atoms with Gasteiger partial charge in [-0.3, -0.25) is 4.79 Å². The Morgan fingerprint density at radius 3 is 2.65 bits per heavy atom. The molecule has 0 unspecified atom stereocenters. The molecule has 0 saturated heterocycles. The highest BCUT2D eigenvalue weighted by atomic mass is 79.9. The van der Waals surface area contributed by atoms with Crippen molar-refractivity contribution in [1.29, 1.82) is 0 Å². The van der Waals surface area contributed by atoms with Crippen molar-refractivity contribution in [2.75, 3.05) is 14.2 Å². The van der Waals surface area contributed by atoms with E-state index in [1.54, 1.807) is 0 Å². The number of ether oxygens (including phenoxy) is 2. The van der Waals surface area contributed by atoms with Gasteiger partial charge in [0.25, 0.3) is 6.43 Å². The van der Waals surface area contributed by atoms with Crippen LogP contribution >= 0.6 is 15.9 Å². The number of methoxy groups -OCH3 is 2. The van der Waals surface area contributed by atoms with Gasteiger partial charge in [0.2, 0.25) is 0 Å². The highest BCUT2D eigenvalue weighted by molar-refractivity contribution is 9.10. The fourth-order valence-electron chi connectivity index (χ4n) is 1.23. The first-order chi connectivity index (χ1) is 7.99. The number of nitrogens with zero attached hydrogens (tertiary/aromatic N) is 1. The Morgan fingerprint density at radius 2 is 2.18 bits per heavy atom. The van der Waals surface area contributed by atoms with E-state index in [0.717, 1.165) is 0 Å². The van der Waals surface area contributed by atoms with E-state index >= 15 is 0 Å². The molecule has 1 rings (SSSR count). The summed E-state index contributed by atoms with van der Waals surface area (Å²) in [6, 6.07) is 1.29. The Hall–Kier alpha value is -1.24. The number of hydrogen-bond donors (Lipinski definition) is 0. The Labute approximate surface area is 105 Å². The second-order valence-corrected chi connectivity index (χ2v) is 3.83. The van der Waals surface area contributed by atoms with Crippen molar-refractivity contribution in [2.45, 2.75) is 12.8 Å². The first kappa shape index (κ1) is 13.8. The maximum atomic E-state index is 12.7. The molecule has 0 N–H and O–H groups in total. The van der Waals surface area contributed by atoms with Gasteiger partial charge >= 0.3 is 5.97 Å². The monoisotopic (exact) mass is 309 g/mol. The van der Waals surface area contributed by atoms with Crippen molar-refractivity contribution in [2.24, 2.45) is 0 Å². The SMILES string of the molecule is COC(=O)Cc1cc(OC)c(C(F)F)c(Br)n1. The number of halogens is 3. The van der Waals surface area contributed by atoms with Crippen molar-refractivity contribution in [1.82, 2.24) is 4.98 Å². The fourth-order valence-corrected chi connectivity index (χ4v) is 1.82. The van der Waals surface area contributed by atoms with E-state index in [1.165, 1.54) is 20.3 Å². The van der Waals surface area contributed by atoms with Gasteiger partial charge in [0, 0.05) is 6.07 Å². The lowest BCUT2D eigenvalue weighted by Crippen LogP contribution is -2.08. The third-order valence-electron chi connectivity index (χ3n) is 2.02. The minimum atomic E-state index is -2.71. The molecule has 94 valence electrons. The molecule has 0 aliphatic carbocycles. The number of pyridine rings is 1. The standard InChI is InChI=1S/C10H10BrF2NO3/c1-16-6-3-5(4-7(15)17-2)14-9(11)8(6)10(12)13/h3,10H,4H2,1-2H3. The van der Waals surface area contributed by atoms with Crippen LogP contribution < -0.4 is 4.74 Å². The van der Waals surface area contributed by atoms with Gasteiger partial charge in [-0.05, 0) is 15.9 Å². The third-order valence-corrected chi connectivity index (χ3v) is 2.62. The summed E-state index contributed by atoms with van der Waals surface area (Å²) in [5.74, 6) is -0.517. The summed E-state index contributed by atoms with van der Waals surface area (Å²) in [6.45, 7) is 0. The fraction of sp³-hybridized carbons (Fsp3) is 0.400. The van der Waals surface area contributed by atoms with Crippen molar-refractivity contribution in [3.8, 4) is 5.75 Å². The zero-order chi connectivity index (χ0) is 13.0. The van der Waals surface area contributed by atoms with E-state index in [9.17, 15) is 13.6 Å². The molecular formula is C10H10BrF2NO3. The molecule has 0 radical (unpaired) electrons. The number of carbonyl (C=O) groups is 1. The van der Waals surface area contributed by atoms with Crippen LogP contribution in [0.15, 0.2) is 10.7 Å². The zero-order valence-corrected chi connectivity index (χ0v) is 10.8. The first-order valence-electron chi connectivity index (χ1n) is 4.57. The summed E-state index contributed by atoms with van der Waals surface area (Å²) in [5.41, 5.74) is -0.0360. The summed E-state index contributed by atoms with van der Waals surface area (Å²) in [5, 5.41) is 0. The molecule has 0 bridgehead atoms. The molecule has 0 aliphatic rings. The molecular weight excluding hydrogens is 300 g/mol. The Balaban J connectivity index is 3.13. The minimum absolute atomic E-state index is 0.0132. The molecule has 1 aromatic heterocycles. The average molecular weight is 310 g/mol. The van der Waals surface area contributed by atoms with Gasteiger partial charge in [-0.1, -0.05) is 0 Å². The Morgan fingerprint density at radius 1 is 1.53 bits per heavy atom. The lowest BCUT2D eigenvalue weighted by atomic mass is 10.2. The topological polar surface area (TPSA) is 48.4 Å². The van der Waals surface area contributed by atoms with Crippen molar-refractivity contribution < 1.29 is 23.0 Å². The van der Waals surface area contributed by atoms with Gasteiger partial charge in [-0.2, -0.15) is 0 Å². The van der Waals surface area contributed by atoms with E-state index in [1.807, 2.05) is 0 Å². The summed E-state index contributed by atoms with van der Waals surface area (Å²) < 4.78 is 34.7. The predicted octanol–water partition coefficient (Wildman–Crippen LogP) is 2.51. The molecule has 0 aliphatic heterocycles. The Bertz CT molecular complexity index is 426. The first-order valence-corrected chi connectivity index (χ1v) is 5.37. The van der Waals surface area contributed by atoms with Gasteiger partial charge in [0.1, 0.15) is 10.4 Å². The van der Waals surface area contributed by atoms with E-state index < -0.39 is 12.4 Å². The van der Waals surface area contributed by atoms with Crippen LogP contribution in [0.25, 0.3) is 0 Å². The maximum Gasteiger partial charge on any atom is 0.311 e. The molecule has 1 heterocycles. The average Bonchev–Trinajstić information content (AvgIpc) is 2.27. The molecule has 0 aromatic carbocycles. The van der Waals surface area contributed by atoms with Crippen LogP contribution in [0.4, 0.5) is 8.78 Å². The number of aromatic nitrogens is 1. The quantitative estimate of drug-likeness (QED) is 0.633. The van der Waals surface area contributed by atoms with Crippen LogP contribution in [-0.4, -0.2) is 25.2 Å². The van der Waals surface area contributed by atoms with Crippen LogP contribution in [0.2, 0.25) is 0 Å². The third kappa shape index (κ3) is 3.36. The van der Waals surface area contributed by atoms with E-state index in [-0.39, 0.29) is 22.3 Å². The normalized spacial score (nSPS) is 10.5. The van der Waals surface area contributed by atoms with E-state index in [0.29, 0.717) is 5.69 Å². The molecule has 0 saturated carbocycles. The van der Waals surface area contributed by atoms with Crippen LogP contribution in [0, 0.1) is 0 Å². The van der Waals surface area contributed by atoms with Crippen molar-refractivity contribution in [3.63, 3.8) is 0 Å². The minimum Gasteiger partial charge on any atom is -0.496 e. The predicted molar refractivity (Wildman–Crippen MR) is 59.2 cm³/mol. The largest absolute Gasteiger partial charge is 0.496 e. The molecule has 7 heteroatoms. The van der Waals surface area contributed by atoms with Gasteiger partial charge in [0.15, 0.2) is 0 Å². The molecule has 0 atom stereocenters. The lowest BCUT2D eigenvalue weighted by Gasteiger charge is -2.11. The molecule has 17 heavy (non-hydrogen) atoms. The summed E-state index contributed by atoms with van der Waals surface area (Å²) in [7, 11) is 2.51. The lowest BCUT2D eigenvalue weighted by molar-refractivity contribution is -0.139. The maximum absolute atomic E-state index is 12.7. The summed E-state index contributed by atoms with van der Waals surface area (Å²) in [4.78, 5) is 14.9. The Kier molecular flexibility index (Phi) is 4.80. The van der Waals surface area contributed by atoms with Crippen LogP contribution in [0.3, 0.4) is 0 Å².